The minimum Gasteiger partial charge on any atom is -0.480 e. The van der Waals surface area contributed by atoms with Gasteiger partial charge in [-0.25, -0.2) is 4.79 Å². The van der Waals surface area contributed by atoms with Gasteiger partial charge in [-0.15, -0.1) is 12.3 Å². The summed E-state index contributed by atoms with van der Waals surface area (Å²) < 4.78 is 0. The smallest absolute Gasteiger partial charge is 0.326 e. The molecule has 0 aromatic rings. The summed E-state index contributed by atoms with van der Waals surface area (Å²) in [4.78, 5) is 21.5. The Morgan fingerprint density at radius 1 is 1.62 bits per heavy atom. The van der Waals surface area contributed by atoms with Crippen molar-refractivity contribution in [3.63, 3.8) is 0 Å². The third-order valence-electron chi connectivity index (χ3n) is 1.54. The molecule has 72 valence electrons. The van der Waals surface area contributed by atoms with Gasteiger partial charge >= 0.3 is 5.97 Å². The molecule has 4 nitrogen and oxygen atoms in total. The summed E-state index contributed by atoms with van der Waals surface area (Å²) in [7, 11) is 0. The number of carboxylic acid groups (broad SMARTS) is 1. The van der Waals surface area contributed by atoms with Crippen LogP contribution in [0.15, 0.2) is 0 Å². The average molecular weight is 183 g/mol. The number of nitrogens with one attached hydrogen (secondary N) is 1. The third kappa shape index (κ3) is 4.86. The molecular weight excluding hydrogens is 170 g/mol. The van der Waals surface area contributed by atoms with E-state index in [1.165, 1.54) is 0 Å². The maximum Gasteiger partial charge on any atom is 0.326 e. The molecule has 0 aromatic carbocycles. The van der Waals surface area contributed by atoms with Crippen molar-refractivity contribution >= 4 is 11.9 Å². The van der Waals surface area contributed by atoms with Gasteiger partial charge in [0.1, 0.15) is 6.04 Å². The van der Waals surface area contributed by atoms with E-state index >= 15 is 0 Å². The number of hydrogen-bond acceptors (Lipinski definition) is 2. The van der Waals surface area contributed by atoms with Gasteiger partial charge in [-0.2, -0.15) is 0 Å². The van der Waals surface area contributed by atoms with Gasteiger partial charge in [-0.05, 0) is 6.42 Å². The first kappa shape index (κ1) is 11.5. The number of carbonyl (C=O) groups is 2. The molecule has 0 heterocycles. The molecule has 1 amide bonds. The van der Waals surface area contributed by atoms with Crippen LogP contribution in [0.1, 0.15) is 26.2 Å². The fourth-order valence-corrected chi connectivity index (χ4v) is 0.791. The average Bonchev–Trinajstić information content (AvgIpc) is 2.10. The molecule has 0 aliphatic carbocycles. The summed E-state index contributed by atoms with van der Waals surface area (Å²) >= 11 is 0. The normalized spacial score (nSPS) is 11.4. The highest BCUT2D eigenvalue weighted by molar-refractivity contribution is 5.83. The monoisotopic (exact) mass is 183 g/mol. The van der Waals surface area contributed by atoms with Crippen molar-refractivity contribution in [2.45, 2.75) is 32.2 Å². The highest BCUT2D eigenvalue weighted by Crippen LogP contribution is 1.93. The molecule has 2 N–H and O–H groups in total. The molecule has 0 unspecified atom stereocenters. The summed E-state index contributed by atoms with van der Waals surface area (Å²) in [6, 6.07) is -0.801. The van der Waals surface area contributed by atoms with E-state index in [-0.39, 0.29) is 12.3 Å². The summed E-state index contributed by atoms with van der Waals surface area (Å²) in [5.41, 5.74) is 0. The van der Waals surface area contributed by atoms with E-state index in [4.69, 9.17) is 11.5 Å². The second-order valence-electron chi connectivity index (χ2n) is 2.57. The molecule has 0 bridgehead atoms. The molecule has 0 saturated heterocycles. The molecule has 0 spiro atoms. The van der Waals surface area contributed by atoms with Crippen LogP contribution in [-0.2, 0) is 9.59 Å². The van der Waals surface area contributed by atoms with Crippen LogP contribution in [-0.4, -0.2) is 23.0 Å². The molecular formula is C9H13NO3. The molecule has 0 radical (unpaired) electrons. The summed E-state index contributed by atoms with van der Waals surface area (Å²) in [6.45, 7) is 1.69. The van der Waals surface area contributed by atoms with Crippen molar-refractivity contribution in [3.05, 3.63) is 0 Å². The number of amides is 1. The van der Waals surface area contributed by atoms with Crippen molar-refractivity contribution in [2.24, 2.45) is 0 Å². The Balaban J connectivity index is 3.88. The maximum atomic E-state index is 11.0. The Morgan fingerprint density at radius 2 is 2.23 bits per heavy atom. The van der Waals surface area contributed by atoms with Gasteiger partial charge in [-0.1, -0.05) is 6.92 Å². The largest absolute Gasteiger partial charge is 0.480 e. The second-order valence-corrected chi connectivity index (χ2v) is 2.57. The van der Waals surface area contributed by atoms with E-state index in [0.29, 0.717) is 12.8 Å². The van der Waals surface area contributed by atoms with Gasteiger partial charge in [-0.3, -0.25) is 4.79 Å². The minimum atomic E-state index is -1.02. The highest BCUT2D eigenvalue weighted by Gasteiger charge is 2.16. The Morgan fingerprint density at radius 3 is 2.62 bits per heavy atom. The van der Waals surface area contributed by atoms with Crippen molar-refractivity contribution in [1.29, 1.82) is 0 Å². The molecule has 0 aliphatic rings. The predicted molar refractivity (Wildman–Crippen MR) is 47.9 cm³/mol. The Kier molecular flexibility index (Phi) is 5.37. The van der Waals surface area contributed by atoms with Crippen molar-refractivity contribution in [3.8, 4) is 12.3 Å². The molecule has 0 aliphatic heterocycles. The third-order valence-corrected chi connectivity index (χ3v) is 1.54. The number of aliphatic carboxylic acids is 1. The van der Waals surface area contributed by atoms with Gasteiger partial charge in [0.05, 0.1) is 0 Å². The molecule has 0 aromatic heterocycles. The van der Waals surface area contributed by atoms with Crippen LogP contribution in [0.25, 0.3) is 0 Å². The number of hydrogen-bond donors (Lipinski definition) is 2. The van der Waals surface area contributed by atoms with E-state index < -0.39 is 12.0 Å². The summed E-state index contributed by atoms with van der Waals surface area (Å²) in [5.74, 6) is 0.981. The van der Waals surface area contributed by atoms with Gasteiger partial charge in [0, 0.05) is 12.8 Å². The van der Waals surface area contributed by atoms with Crippen molar-refractivity contribution in [1.82, 2.24) is 5.32 Å². The minimum absolute atomic E-state index is 0.181. The number of terminal acetylenes is 1. The first-order valence-electron chi connectivity index (χ1n) is 4.07. The van der Waals surface area contributed by atoms with Crippen molar-refractivity contribution in [2.75, 3.05) is 0 Å². The van der Waals surface area contributed by atoms with Crippen LogP contribution in [0, 0.1) is 12.3 Å². The molecule has 13 heavy (non-hydrogen) atoms. The lowest BCUT2D eigenvalue weighted by Gasteiger charge is -2.10. The Hall–Kier alpha value is -1.50. The van der Waals surface area contributed by atoms with Gasteiger partial charge in [0.15, 0.2) is 0 Å². The topological polar surface area (TPSA) is 66.4 Å². The highest BCUT2D eigenvalue weighted by atomic mass is 16.4. The fraction of sp³-hybridized carbons (Fsp3) is 0.556. The Labute approximate surface area is 77.3 Å². The molecule has 0 rings (SSSR count). The fourth-order valence-electron chi connectivity index (χ4n) is 0.791. The second kappa shape index (κ2) is 6.06. The first-order chi connectivity index (χ1) is 6.11. The van der Waals surface area contributed by atoms with E-state index in [1.54, 1.807) is 6.92 Å². The van der Waals surface area contributed by atoms with Crippen LogP contribution in [0.3, 0.4) is 0 Å². The van der Waals surface area contributed by atoms with Crippen LogP contribution in [0.2, 0.25) is 0 Å². The van der Waals surface area contributed by atoms with Crippen molar-refractivity contribution < 1.29 is 14.7 Å². The zero-order chi connectivity index (χ0) is 10.3. The van der Waals surface area contributed by atoms with Gasteiger partial charge in [0.2, 0.25) is 5.91 Å². The van der Waals surface area contributed by atoms with Crippen LogP contribution in [0.4, 0.5) is 0 Å². The standard InChI is InChI=1S/C9H13NO3/c1-3-5-6-8(11)10-7(4-2)9(12)13/h1,7H,4-6H2,2H3,(H,10,11)(H,12,13)/t7-/m1/s1. The number of carboxylic acids is 1. The van der Waals surface area contributed by atoms with Crippen LogP contribution < -0.4 is 5.32 Å². The number of carbonyl (C=O) groups excluding carboxylic acids is 1. The van der Waals surface area contributed by atoms with E-state index in [2.05, 4.69) is 11.2 Å². The molecule has 4 heteroatoms. The molecule has 1 atom stereocenters. The van der Waals surface area contributed by atoms with Crippen LogP contribution in [0.5, 0.6) is 0 Å². The maximum absolute atomic E-state index is 11.0. The molecule has 0 saturated carbocycles. The summed E-state index contributed by atoms with van der Waals surface area (Å²) in [6.07, 6.45) is 5.84. The first-order valence-corrected chi connectivity index (χ1v) is 4.07. The lowest BCUT2D eigenvalue weighted by molar-refractivity contribution is -0.141. The Bertz CT molecular complexity index is 230. The van der Waals surface area contributed by atoms with Crippen LogP contribution >= 0.6 is 0 Å². The lowest BCUT2D eigenvalue weighted by Crippen LogP contribution is -2.40. The van der Waals surface area contributed by atoms with Gasteiger partial charge < -0.3 is 10.4 Å². The molecule has 0 fully saturated rings. The SMILES string of the molecule is C#CCCC(=O)N[C@H](CC)C(=O)O. The zero-order valence-electron chi connectivity index (χ0n) is 7.54. The lowest BCUT2D eigenvalue weighted by atomic mass is 10.2. The quantitative estimate of drug-likeness (QED) is 0.605. The number of rotatable bonds is 5. The predicted octanol–water partition coefficient (Wildman–Crippen LogP) is 0.379. The van der Waals surface area contributed by atoms with E-state index in [0.717, 1.165) is 0 Å². The zero-order valence-corrected chi connectivity index (χ0v) is 7.54. The summed E-state index contributed by atoms with van der Waals surface area (Å²) in [5, 5.41) is 11.0. The van der Waals surface area contributed by atoms with E-state index in [9.17, 15) is 9.59 Å². The van der Waals surface area contributed by atoms with E-state index in [1.807, 2.05) is 0 Å². The van der Waals surface area contributed by atoms with Gasteiger partial charge in [0.25, 0.3) is 0 Å².